The molecule has 4 nitrogen and oxygen atoms in total. The van der Waals surface area contributed by atoms with Crippen molar-refractivity contribution < 1.29 is 4.74 Å². The van der Waals surface area contributed by atoms with Crippen LogP contribution in [0.25, 0.3) is 0 Å². The van der Waals surface area contributed by atoms with Crippen LogP contribution in [0.3, 0.4) is 0 Å². The molecule has 1 fully saturated rings. The number of rotatable bonds is 3. The summed E-state index contributed by atoms with van der Waals surface area (Å²) in [5, 5.41) is 12.5. The van der Waals surface area contributed by atoms with E-state index in [-0.39, 0.29) is 6.04 Å². The van der Waals surface area contributed by atoms with Gasteiger partial charge in [0.1, 0.15) is 5.75 Å². The van der Waals surface area contributed by atoms with E-state index in [9.17, 15) is 0 Å². The van der Waals surface area contributed by atoms with Gasteiger partial charge in [-0.25, -0.2) is 0 Å². The summed E-state index contributed by atoms with van der Waals surface area (Å²) in [7, 11) is 1.68. The Bertz CT molecular complexity index is 455. The number of nitriles is 1. The van der Waals surface area contributed by atoms with Gasteiger partial charge in [-0.15, -0.1) is 0 Å². The minimum atomic E-state index is 0.224. The van der Waals surface area contributed by atoms with E-state index in [2.05, 4.69) is 29.3 Å². The van der Waals surface area contributed by atoms with Crippen LogP contribution >= 0.6 is 0 Å². The summed E-state index contributed by atoms with van der Waals surface area (Å²) >= 11 is 0. The third-order valence-electron chi connectivity index (χ3n) is 3.66. The molecule has 0 radical (unpaired) electrons. The van der Waals surface area contributed by atoms with Gasteiger partial charge in [-0.1, -0.05) is 6.07 Å². The first-order valence-electron chi connectivity index (χ1n) is 6.75. The van der Waals surface area contributed by atoms with E-state index in [0.29, 0.717) is 12.5 Å². The van der Waals surface area contributed by atoms with Crippen molar-refractivity contribution in [2.45, 2.75) is 31.8 Å². The Balaban J connectivity index is 2.24. The van der Waals surface area contributed by atoms with Gasteiger partial charge < -0.3 is 15.0 Å². The maximum Gasteiger partial charge on any atom is 0.120 e. The molecule has 1 aromatic rings. The number of benzene rings is 1. The maximum atomic E-state index is 9.01. The van der Waals surface area contributed by atoms with Gasteiger partial charge in [-0.2, -0.15) is 5.26 Å². The number of methoxy groups -OCH3 is 1. The molecule has 1 aromatic carbocycles. The van der Waals surface area contributed by atoms with Crippen molar-refractivity contribution in [3.63, 3.8) is 0 Å². The van der Waals surface area contributed by atoms with Crippen LogP contribution < -0.4 is 15.0 Å². The van der Waals surface area contributed by atoms with Gasteiger partial charge in [0.05, 0.1) is 25.6 Å². The largest absolute Gasteiger partial charge is 0.497 e. The zero-order valence-corrected chi connectivity index (χ0v) is 11.6. The molecule has 1 aliphatic heterocycles. The lowest BCUT2D eigenvalue weighted by Gasteiger charge is -2.30. The number of ether oxygens (including phenoxy) is 1. The number of anilines is 1. The summed E-state index contributed by atoms with van der Waals surface area (Å²) < 4.78 is 5.29. The van der Waals surface area contributed by atoms with Gasteiger partial charge in [-0.3, -0.25) is 0 Å². The molecule has 0 aliphatic carbocycles. The summed E-state index contributed by atoms with van der Waals surface area (Å²) in [6.07, 6.45) is 1.62. The van der Waals surface area contributed by atoms with Crippen LogP contribution in [-0.2, 0) is 0 Å². The molecule has 2 rings (SSSR count). The van der Waals surface area contributed by atoms with Crippen LogP contribution in [0.1, 0.15) is 19.8 Å². The second kappa shape index (κ2) is 6.44. The fourth-order valence-corrected chi connectivity index (χ4v) is 2.48. The van der Waals surface area contributed by atoms with Gasteiger partial charge in [0.2, 0.25) is 0 Å². The van der Waals surface area contributed by atoms with Crippen LogP contribution in [0, 0.1) is 11.3 Å². The SMILES string of the molecule is COc1cccc(N2CCC(C)NCC2CC#N)c1. The van der Waals surface area contributed by atoms with E-state index in [1.165, 1.54) is 0 Å². The summed E-state index contributed by atoms with van der Waals surface area (Å²) in [4.78, 5) is 2.32. The number of nitrogens with one attached hydrogen (secondary N) is 1. The highest BCUT2D eigenvalue weighted by Gasteiger charge is 2.23. The summed E-state index contributed by atoms with van der Waals surface area (Å²) in [5.41, 5.74) is 1.13. The Morgan fingerprint density at radius 3 is 3.11 bits per heavy atom. The lowest BCUT2D eigenvalue weighted by atomic mass is 10.1. The third-order valence-corrected chi connectivity index (χ3v) is 3.66. The smallest absolute Gasteiger partial charge is 0.120 e. The molecule has 0 aromatic heterocycles. The molecular formula is C15H21N3O. The van der Waals surface area contributed by atoms with E-state index in [0.717, 1.165) is 30.9 Å². The summed E-state index contributed by atoms with van der Waals surface area (Å²) in [5.74, 6) is 0.860. The molecule has 1 saturated heterocycles. The molecule has 0 bridgehead atoms. The van der Waals surface area contributed by atoms with Crippen LogP contribution in [0.2, 0.25) is 0 Å². The predicted octanol–water partition coefficient (Wildman–Crippen LogP) is 2.17. The van der Waals surface area contributed by atoms with E-state index >= 15 is 0 Å². The van der Waals surface area contributed by atoms with E-state index in [1.807, 2.05) is 18.2 Å². The topological polar surface area (TPSA) is 48.3 Å². The lowest BCUT2D eigenvalue weighted by Crippen LogP contribution is -2.40. The molecule has 19 heavy (non-hydrogen) atoms. The van der Waals surface area contributed by atoms with Gasteiger partial charge in [0.15, 0.2) is 0 Å². The molecule has 4 heteroatoms. The Morgan fingerprint density at radius 2 is 2.37 bits per heavy atom. The highest BCUT2D eigenvalue weighted by atomic mass is 16.5. The Labute approximate surface area is 115 Å². The normalized spacial score (nSPS) is 23.5. The maximum absolute atomic E-state index is 9.01. The third kappa shape index (κ3) is 3.39. The van der Waals surface area contributed by atoms with Gasteiger partial charge in [0.25, 0.3) is 0 Å². The molecule has 1 N–H and O–H groups in total. The molecule has 0 spiro atoms. The van der Waals surface area contributed by atoms with Crippen LogP contribution in [0.15, 0.2) is 24.3 Å². The van der Waals surface area contributed by atoms with Crippen molar-refractivity contribution in [3.8, 4) is 11.8 Å². The minimum Gasteiger partial charge on any atom is -0.497 e. The lowest BCUT2D eigenvalue weighted by molar-refractivity contribution is 0.414. The zero-order chi connectivity index (χ0) is 13.7. The second-order valence-corrected chi connectivity index (χ2v) is 5.01. The first-order valence-corrected chi connectivity index (χ1v) is 6.75. The van der Waals surface area contributed by atoms with Gasteiger partial charge >= 0.3 is 0 Å². The monoisotopic (exact) mass is 259 g/mol. The van der Waals surface area contributed by atoms with Crippen LogP contribution in [0.4, 0.5) is 5.69 Å². The zero-order valence-electron chi connectivity index (χ0n) is 11.6. The van der Waals surface area contributed by atoms with Crippen molar-refractivity contribution in [3.05, 3.63) is 24.3 Å². The highest BCUT2D eigenvalue weighted by molar-refractivity contribution is 5.52. The van der Waals surface area contributed by atoms with Crippen LogP contribution in [0.5, 0.6) is 5.75 Å². The molecule has 2 unspecified atom stereocenters. The van der Waals surface area contributed by atoms with Gasteiger partial charge in [0, 0.05) is 30.9 Å². The van der Waals surface area contributed by atoms with Crippen molar-refractivity contribution in [1.82, 2.24) is 5.32 Å². The molecule has 1 heterocycles. The summed E-state index contributed by atoms with van der Waals surface area (Å²) in [6.45, 7) is 4.01. The predicted molar refractivity (Wildman–Crippen MR) is 76.4 cm³/mol. The number of hydrogen-bond acceptors (Lipinski definition) is 4. The van der Waals surface area contributed by atoms with E-state index < -0.39 is 0 Å². The average Bonchev–Trinajstić information content (AvgIpc) is 2.62. The van der Waals surface area contributed by atoms with Crippen LogP contribution in [-0.4, -0.2) is 32.3 Å². The minimum absolute atomic E-state index is 0.224. The fourth-order valence-electron chi connectivity index (χ4n) is 2.48. The molecule has 0 amide bonds. The van der Waals surface area contributed by atoms with Crippen molar-refractivity contribution in [1.29, 1.82) is 5.26 Å². The second-order valence-electron chi connectivity index (χ2n) is 5.01. The number of nitrogens with zero attached hydrogens (tertiary/aromatic N) is 2. The highest BCUT2D eigenvalue weighted by Crippen LogP contribution is 2.25. The molecule has 0 saturated carbocycles. The van der Waals surface area contributed by atoms with Gasteiger partial charge in [-0.05, 0) is 25.5 Å². The molecule has 2 atom stereocenters. The Hall–Kier alpha value is -1.73. The molecular weight excluding hydrogens is 238 g/mol. The van der Waals surface area contributed by atoms with E-state index in [4.69, 9.17) is 10.00 Å². The Morgan fingerprint density at radius 1 is 1.53 bits per heavy atom. The average molecular weight is 259 g/mol. The summed E-state index contributed by atoms with van der Waals surface area (Å²) in [6, 6.07) is 11.1. The fraction of sp³-hybridized carbons (Fsp3) is 0.533. The Kier molecular flexibility index (Phi) is 4.64. The van der Waals surface area contributed by atoms with E-state index in [1.54, 1.807) is 7.11 Å². The standard InChI is InChI=1S/C15H21N3O/c1-12-7-9-18(14(6-8-16)11-17-12)13-4-3-5-15(10-13)19-2/h3-5,10,12,14,17H,6-7,9,11H2,1-2H3. The van der Waals surface area contributed by atoms with Crippen molar-refractivity contribution in [2.24, 2.45) is 0 Å². The van der Waals surface area contributed by atoms with Crippen molar-refractivity contribution >= 4 is 5.69 Å². The first kappa shape index (κ1) is 13.7. The molecule has 102 valence electrons. The molecule has 1 aliphatic rings. The quantitative estimate of drug-likeness (QED) is 0.903. The first-order chi connectivity index (χ1) is 9.24. The van der Waals surface area contributed by atoms with Crippen molar-refractivity contribution in [2.75, 3.05) is 25.1 Å². The number of hydrogen-bond donors (Lipinski definition) is 1.